The number of pyridine rings is 2. The molecule has 4 rings (SSSR count). The maximum Gasteiger partial charge on any atom is 0.261 e. The molecule has 3 aromatic heterocycles. The summed E-state index contributed by atoms with van der Waals surface area (Å²) in [6, 6.07) is 12.6. The van der Waals surface area contributed by atoms with E-state index >= 15 is 0 Å². The molecule has 12 heteroatoms. The number of thiazole rings is 1. The highest BCUT2D eigenvalue weighted by atomic mass is 35.5. The Kier molecular flexibility index (Phi) is 6.61. The zero-order valence-corrected chi connectivity index (χ0v) is 20.1. The number of carbonyl (C=O) groups is 1. The molecule has 0 saturated heterocycles. The Morgan fingerprint density at radius 2 is 1.79 bits per heavy atom. The molecule has 0 radical (unpaired) electrons. The molecule has 0 spiro atoms. The maximum atomic E-state index is 12.7. The van der Waals surface area contributed by atoms with Gasteiger partial charge in [-0.1, -0.05) is 52.7 Å². The number of aromatic nitrogens is 3. The van der Waals surface area contributed by atoms with E-state index in [0.29, 0.717) is 26.8 Å². The average Bonchev–Trinajstić information content (AvgIpc) is 3.16. The van der Waals surface area contributed by atoms with Crippen molar-refractivity contribution in [2.45, 2.75) is 11.8 Å². The van der Waals surface area contributed by atoms with E-state index in [9.17, 15) is 13.2 Å². The van der Waals surface area contributed by atoms with Crippen LogP contribution in [0.5, 0.6) is 0 Å². The van der Waals surface area contributed by atoms with E-state index in [0.717, 1.165) is 0 Å². The molecule has 0 aliphatic heterocycles. The second kappa shape index (κ2) is 9.44. The molecular weight excluding hydrogens is 505 g/mol. The second-order valence-corrected chi connectivity index (χ2v) is 10.2. The average molecular weight is 520 g/mol. The fourth-order valence-corrected chi connectivity index (χ4v) is 5.18. The van der Waals surface area contributed by atoms with Gasteiger partial charge in [-0.05, 0) is 37.3 Å². The minimum atomic E-state index is -3.85. The topological polar surface area (TPSA) is 114 Å². The zero-order chi connectivity index (χ0) is 23.6. The van der Waals surface area contributed by atoms with Crippen LogP contribution in [-0.2, 0) is 10.0 Å². The molecule has 0 aliphatic carbocycles. The van der Waals surface area contributed by atoms with Gasteiger partial charge in [0.05, 0.1) is 26.7 Å². The summed E-state index contributed by atoms with van der Waals surface area (Å²) >= 11 is 13.1. The molecule has 33 heavy (non-hydrogen) atoms. The zero-order valence-electron chi connectivity index (χ0n) is 16.9. The summed E-state index contributed by atoms with van der Waals surface area (Å²) in [4.78, 5) is 25.6. The lowest BCUT2D eigenvalue weighted by molar-refractivity contribution is 0.102. The first kappa shape index (κ1) is 23.1. The highest BCUT2D eigenvalue weighted by molar-refractivity contribution is 7.92. The third-order valence-electron chi connectivity index (χ3n) is 4.41. The van der Waals surface area contributed by atoms with Gasteiger partial charge >= 0.3 is 0 Å². The molecule has 4 aromatic rings. The van der Waals surface area contributed by atoms with Crippen molar-refractivity contribution in [3.05, 3.63) is 82.5 Å². The molecule has 1 amide bonds. The Balaban J connectivity index is 1.59. The number of nitrogens with one attached hydrogen (secondary N) is 2. The van der Waals surface area contributed by atoms with Crippen LogP contribution in [0.2, 0.25) is 10.3 Å². The molecule has 0 fully saturated rings. The van der Waals surface area contributed by atoms with Crippen LogP contribution in [0, 0.1) is 6.92 Å². The lowest BCUT2D eigenvalue weighted by Crippen LogP contribution is -2.13. The van der Waals surface area contributed by atoms with Crippen LogP contribution in [0.25, 0.3) is 10.4 Å². The van der Waals surface area contributed by atoms with E-state index in [-0.39, 0.29) is 26.8 Å². The lowest BCUT2D eigenvalue weighted by Gasteiger charge is -2.10. The van der Waals surface area contributed by atoms with Crippen molar-refractivity contribution in [1.29, 1.82) is 0 Å². The van der Waals surface area contributed by atoms with Crippen LogP contribution >= 0.6 is 34.5 Å². The molecule has 0 unspecified atom stereocenters. The van der Waals surface area contributed by atoms with Crippen LogP contribution in [0.15, 0.2) is 65.8 Å². The van der Waals surface area contributed by atoms with Gasteiger partial charge < -0.3 is 0 Å². The number of amides is 1. The van der Waals surface area contributed by atoms with Gasteiger partial charge in [0.25, 0.3) is 15.9 Å². The highest BCUT2D eigenvalue weighted by Gasteiger charge is 2.19. The summed E-state index contributed by atoms with van der Waals surface area (Å²) < 4.78 is 27.8. The number of halogens is 2. The Bertz CT molecular complexity index is 1430. The molecule has 0 bridgehead atoms. The summed E-state index contributed by atoms with van der Waals surface area (Å²) in [6.45, 7) is 1.77. The number of aryl methyl sites for hydroxylation is 1. The summed E-state index contributed by atoms with van der Waals surface area (Å²) in [5, 5.41) is 3.38. The molecule has 168 valence electrons. The van der Waals surface area contributed by atoms with Crippen molar-refractivity contribution in [2.75, 3.05) is 10.0 Å². The van der Waals surface area contributed by atoms with Gasteiger partial charge in [-0.15, -0.1) is 0 Å². The fraction of sp³-hybridized carbons (Fsp3) is 0.0476. The van der Waals surface area contributed by atoms with Gasteiger partial charge in [0.2, 0.25) is 0 Å². The number of hydrogen-bond donors (Lipinski definition) is 2. The van der Waals surface area contributed by atoms with Crippen LogP contribution in [0.4, 0.5) is 10.8 Å². The van der Waals surface area contributed by atoms with Crippen molar-refractivity contribution in [1.82, 2.24) is 15.0 Å². The monoisotopic (exact) mass is 519 g/mol. The third kappa shape index (κ3) is 5.31. The minimum Gasteiger partial charge on any atom is -0.298 e. The van der Waals surface area contributed by atoms with Crippen molar-refractivity contribution >= 4 is 61.3 Å². The van der Waals surface area contributed by atoms with Gasteiger partial charge in [-0.3, -0.25) is 14.8 Å². The number of carbonyl (C=O) groups excluding carboxylic acids is 1. The van der Waals surface area contributed by atoms with Crippen molar-refractivity contribution in [2.24, 2.45) is 0 Å². The number of anilines is 2. The molecule has 0 saturated carbocycles. The SMILES string of the molecule is Cc1nc(NC(=O)c2ccc(Cl)nc2)sc1-c1cnc(Cl)c(NS(=O)(=O)c2ccccc2)c1. The number of sulfonamides is 1. The second-order valence-electron chi connectivity index (χ2n) is 6.74. The molecule has 3 heterocycles. The Labute approximate surface area is 203 Å². The number of nitrogens with zero attached hydrogens (tertiary/aromatic N) is 3. The van der Waals surface area contributed by atoms with Crippen molar-refractivity contribution < 1.29 is 13.2 Å². The van der Waals surface area contributed by atoms with Gasteiger partial charge in [-0.25, -0.2) is 23.4 Å². The van der Waals surface area contributed by atoms with E-state index in [4.69, 9.17) is 23.2 Å². The Hall–Kier alpha value is -3.05. The van der Waals surface area contributed by atoms with Gasteiger partial charge in [0.15, 0.2) is 10.3 Å². The first-order valence-corrected chi connectivity index (χ1v) is 12.4. The quantitative estimate of drug-likeness (QED) is 0.335. The van der Waals surface area contributed by atoms with E-state index in [1.54, 1.807) is 37.3 Å². The predicted octanol–water partition coefficient (Wildman–Crippen LogP) is 5.27. The summed E-state index contributed by atoms with van der Waals surface area (Å²) in [7, 11) is -3.85. The van der Waals surface area contributed by atoms with E-state index in [2.05, 4.69) is 25.0 Å². The number of rotatable bonds is 6. The third-order valence-corrected chi connectivity index (χ3v) is 7.43. The summed E-state index contributed by atoms with van der Waals surface area (Å²) in [5.41, 5.74) is 1.68. The minimum absolute atomic E-state index is 0.00388. The smallest absolute Gasteiger partial charge is 0.261 e. The number of benzene rings is 1. The Morgan fingerprint density at radius 3 is 2.48 bits per heavy atom. The van der Waals surface area contributed by atoms with Crippen LogP contribution in [0.3, 0.4) is 0 Å². The molecule has 2 N–H and O–H groups in total. The van der Waals surface area contributed by atoms with Gasteiger partial charge in [0.1, 0.15) is 5.15 Å². The molecule has 0 aliphatic rings. The molecular formula is C21H15Cl2N5O3S2. The van der Waals surface area contributed by atoms with Crippen LogP contribution in [-0.4, -0.2) is 29.3 Å². The van der Waals surface area contributed by atoms with Crippen LogP contribution in [0.1, 0.15) is 16.1 Å². The number of hydrogen-bond acceptors (Lipinski definition) is 7. The lowest BCUT2D eigenvalue weighted by atomic mass is 10.2. The van der Waals surface area contributed by atoms with Crippen molar-refractivity contribution in [3.8, 4) is 10.4 Å². The van der Waals surface area contributed by atoms with E-state index in [1.165, 1.54) is 41.9 Å². The first-order valence-electron chi connectivity index (χ1n) is 9.37. The van der Waals surface area contributed by atoms with Crippen molar-refractivity contribution in [3.63, 3.8) is 0 Å². The summed E-state index contributed by atoms with van der Waals surface area (Å²) in [5.74, 6) is -0.384. The Morgan fingerprint density at radius 1 is 1.03 bits per heavy atom. The highest BCUT2D eigenvalue weighted by Crippen LogP contribution is 2.35. The normalized spacial score (nSPS) is 11.2. The molecule has 1 aromatic carbocycles. The largest absolute Gasteiger partial charge is 0.298 e. The maximum absolute atomic E-state index is 12.7. The van der Waals surface area contributed by atoms with E-state index < -0.39 is 10.0 Å². The van der Waals surface area contributed by atoms with Crippen LogP contribution < -0.4 is 10.0 Å². The predicted molar refractivity (Wildman–Crippen MR) is 130 cm³/mol. The standard InChI is InChI=1S/C21H15Cl2N5O3S2/c1-12-18(32-21(26-12)27-20(29)13-7-8-17(22)24-10-13)14-9-16(19(23)25-11-14)28-33(30,31)15-5-3-2-4-6-15/h2-11,28H,1H3,(H,26,27,29). The van der Waals surface area contributed by atoms with Gasteiger partial charge in [-0.2, -0.15) is 0 Å². The van der Waals surface area contributed by atoms with Gasteiger partial charge in [0, 0.05) is 18.0 Å². The molecule has 0 atom stereocenters. The van der Waals surface area contributed by atoms with E-state index in [1.807, 2.05) is 0 Å². The first-order chi connectivity index (χ1) is 15.7. The fourth-order valence-electron chi connectivity index (χ4n) is 2.84. The summed E-state index contributed by atoms with van der Waals surface area (Å²) in [6.07, 6.45) is 2.88. The molecule has 8 nitrogen and oxygen atoms in total.